The first-order valence-corrected chi connectivity index (χ1v) is 7.82. The largest absolute Gasteiger partial charge is 0.487 e. The van der Waals surface area contributed by atoms with Crippen molar-refractivity contribution < 1.29 is 14.5 Å². The number of nitrogens with zero attached hydrogens (tertiary/aromatic N) is 1. The fourth-order valence-electron chi connectivity index (χ4n) is 2.69. The highest BCUT2D eigenvalue weighted by Gasteiger charge is 2.16. The minimum Gasteiger partial charge on any atom is -0.487 e. The van der Waals surface area contributed by atoms with Crippen LogP contribution in [0.5, 0.6) is 5.75 Å². The molecule has 1 saturated carbocycles. The molecule has 0 saturated heterocycles. The number of ether oxygens (including phenoxy) is 1. The predicted molar refractivity (Wildman–Crippen MR) is 82.8 cm³/mol. The quantitative estimate of drug-likeness (QED) is 0.476. The van der Waals surface area contributed by atoms with Crippen molar-refractivity contribution in [3.63, 3.8) is 0 Å². The van der Waals surface area contributed by atoms with Crippen molar-refractivity contribution in [3.05, 3.63) is 34.4 Å². The maximum absolute atomic E-state index is 11.8. The highest BCUT2D eigenvalue weighted by Crippen LogP contribution is 2.25. The van der Waals surface area contributed by atoms with E-state index in [1.165, 1.54) is 25.3 Å². The number of nitro groups is 1. The number of para-hydroxylation sites is 2. The fourth-order valence-corrected chi connectivity index (χ4v) is 2.69. The molecular formula is C16H22N2O4. The van der Waals surface area contributed by atoms with Crippen LogP contribution >= 0.6 is 0 Å². The zero-order chi connectivity index (χ0) is 15.8. The van der Waals surface area contributed by atoms with Gasteiger partial charge in [0.25, 0.3) is 0 Å². The summed E-state index contributed by atoms with van der Waals surface area (Å²) in [5, 5.41) is 13.9. The van der Waals surface area contributed by atoms with E-state index in [1.54, 1.807) is 18.2 Å². The third kappa shape index (κ3) is 5.02. The van der Waals surface area contributed by atoms with Gasteiger partial charge in [-0.25, -0.2) is 0 Å². The second-order valence-corrected chi connectivity index (χ2v) is 5.58. The molecule has 1 aliphatic rings. The van der Waals surface area contributed by atoms with Crippen LogP contribution in [0.4, 0.5) is 5.69 Å². The molecule has 22 heavy (non-hydrogen) atoms. The van der Waals surface area contributed by atoms with Gasteiger partial charge in [0.2, 0.25) is 5.91 Å². The van der Waals surface area contributed by atoms with Crippen LogP contribution in [0.15, 0.2) is 24.3 Å². The molecule has 0 atom stereocenters. The highest BCUT2D eigenvalue weighted by molar-refractivity contribution is 5.76. The number of carbonyl (C=O) groups excluding carboxylic acids is 1. The number of hydrogen-bond donors (Lipinski definition) is 1. The van der Waals surface area contributed by atoms with Crippen molar-refractivity contribution in [3.8, 4) is 5.75 Å². The fraction of sp³-hybridized carbons (Fsp3) is 0.562. The van der Waals surface area contributed by atoms with Crippen LogP contribution in [0.2, 0.25) is 0 Å². The van der Waals surface area contributed by atoms with Crippen molar-refractivity contribution in [2.24, 2.45) is 0 Å². The smallest absolute Gasteiger partial charge is 0.310 e. The third-order valence-corrected chi connectivity index (χ3v) is 3.84. The average Bonchev–Trinajstić information content (AvgIpc) is 2.53. The molecule has 0 aromatic heterocycles. The summed E-state index contributed by atoms with van der Waals surface area (Å²) in [6.07, 6.45) is 6.70. The van der Waals surface area contributed by atoms with Gasteiger partial charge in [-0.15, -0.1) is 0 Å². The van der Waals surface area contributed by atoms with E-state index in [9.17, 15) is 14.9 Å². The molecule has 6 heteroatoms. The predicted octanol–water partition coefficient (Wildman–Crippen LogP) is 3.20. The third-order valence-electron chi connectivity index (χ3n) is 3.84. The molecule has 1 aromatic rings. The monoisotopic (exact) mass is 306 g/mol. The van der Waals surface area contributed by atoms with E-state index in [0.29, 0.717) is 25.5 Å². The molecule has 0 bridgehead atoms. The second-order valence-electron chi connectivity index (χ2n) is 5.58. The highest BCUT2D eigenvalue weighted by atomic mass is 16.6. The number of rotatable bonds is 7. The Morgan fingerprint density at radius 3 is 2.73 bits per heavy atom. The van der Waals surface area contributed by atoms with Crippen molar-refractivity contribution in [2.45, 2.75) is 51.0 Å². The van der Waals surface area contributed by atoms with Crippen LogP contribution in [-0.2, 0) is 4.79 Å². The Kier molecular flexibility index (Phi) is 6.18. The molecule has 2 rings (SSSR count). The second kappa shape index (κ2) is 8.36. The van der Waals surface area contributed by atoms with Gasteiger partial charge in [0.05, 0.1) is 11.5 Å². The normalized spacial score (nSPS) is 15.3. The molecule has 1 aromatic carbocycles. The molecule has 120 valence electrons. The van der Waals surface area contributed by atoms with Crippen molar-refractivity contribution in [1.29, 1.82) is 0 Å². The van der Waals surface area contributed by atoms with Gasteiger partial charge < -0.3 is 10.1 Å². The Morgan fingerprint density at radius 1 is 1.27 bits per heavy atom. The first kappa shape index (κ1) is 16.3. The van der Waals surface area contributed by atoms with E-state index in [-0.39, 0.29) is 17.3 Å². The van der Waals surface area contributed by atoms with Crippen molar-refractivity contribution in [2.75, 3.05) is 6.61 Å². The zero-order valence-electron chi connectivity index (χ0n) is 12.6. The summed E-state index contributed by atoms with van der Waals surface area (Å²) in [5.41, 5.74) is -0.0471. The zero-order valence-corrected chi connectivity index (χ0v) is 12.6. The van der Waals surface area contributed by atoms with E-state index in [2.05, 4.69) is 5.32 Å². The van der Waals surface area contributed by atoms with E-state index in [4.69, 9.17) is 4.74 Å². The van der Waals surface area contributed by atoms with Gasteiger partial charge in [0.1, 0.15) is 0 Å². The molecule has 1 N–H and O–H groups in total. The number of hydrogen-bond acceptors (Lipinski definition) is 4. The number of nitro benzene ring substituents is 1. The van der Waals surface area contributed by atoms with Crippen LogP contribution < -0.4 is 10.1 Å². The summed E-state index contributed by atoms with van der Waals surface area (Å²) in [5.74, 6) is 0.290. The van der Waals surface area contributed by atoms with Crippen LogP contribution in [-0.4, -0.2) is 23.5 Å². The lowest BCUT2D eigenvalue weighted by molar-refractivity contribution is -0.385. The molecule has 1 fully saturated rings. The number of benzene rings is 1. The van der Waals surface area contributed by atoms with Gasteiger partial charge in [-0.2, -0.15) is 0 Å². The molecule has 6 nitrogen and oxygen atoms in total. The lowest BCUT2D eigenvalue weighted by Crippen LogP contribution is -2.36. The lowest BCUT2D eigenvalue weighted by atomic mass is 9.95. The Morgan fingerprint density at radius 2 is 2.00 bits per heavy atom. The molecule has 1 amide bonds. The Balaban J connectivity index is 1.68. The summed E-state index contributed by atoms with van der Waals surface area (Å²) < 4.78 is 5.42. The maximum atomic E-state index is 11.8. The maximum Gasteiger partial charge on any atom is 0.310 e. The van der Waals surface area contributed by atoms with E-state index >= 15 is 0 Å². The first-order valence-electron chi connectivity index (χ1n) is 7.82. The van der Waals surface area contributed by atoms with E-state index in [0.717, 1.165) is 12.8 Å². The molecular weight excluding hydrogens is 284 g/mol. The van der Waals surface area contributed by atoms with Gasteiger partial charge in [0, 0.05) is 18.5 Å². The van der Waals surface area contributed by atoms with Gasteiger partial charge >= 0.3 is 5.69 Å². The molecule has 0 radical (unpaired) electrons. The van der Waals surface area contributed by atoms with Crippen LogP contribution in [0.1, 0.15) is 44.9 Å². The summed E-state index contributed by atoms with van der Waals surface area (Å²) >= 11 is 0. The summed E-state index contributed by atoms with van der Waals surface area (Å²) in [7, 11) is 0. The van der Waals surface area contributed by atoms with E-state index in [1.807, 2.05) is 0 Å². The average molecular weight is 306 g/mol. The number of amides is 1. The van der Waals surface area contributed by atoms with Gasteiger partial charge in [-0.3, -0.25) is 14.9 Å². The van der Waals surface area contributed by atoms with Gasteiger partial charge in [0.15, 0.2) is 5.75 Å². The minimum atomic E-state index is -0.467. The summed E-state index contributed by atoms with van der Waals surface area (Å²) in [6, 6.07) is 6.59. The van der Waals surface area contributed by atoms with Crippen LogP contribution in [0.3, 0.4) is 0 Å². The van der Waals surface area contributed by atoms with Crippen LogP contribution in [0, 0.1) is 10.1 Å². The van der Waals surface area contributed by atoms with Crippen LogP contribution in [0.25, 0.3) is 0 Å². The van der Waals surface area contributed by atoms with Crippen molar-refractivity contribution in [1.82, 2.24) is 5.32 Å². The molecule has 0 aliphatic heterocycles. The van der Waals surface area contributed by atoms with Gasteiger partial charge in [-0.05, 0) is 25.3 Å². The Labute approximate surface area is 130 Å². The number of nitrogens with one attached hydrogen (secondary N) is 1. The number of carbonyl (C=O) groups is 1. The lowest BCUT2D eigenvalue weighted by Gasteiger charge is -2.22. The molecule has 1 aliphatic carbocycles. The SMILES string of the molecule is O=C(CCCOc1ccccc1[N+](=O)[O-])NC1CCCCC1. The summed E-state index contributed by atoms with van der Waals surface area (Å²) in [4.78, 5) is 22.2. The Bertz CT molecular complexity index is 513. The topological polar surface area (TPSA) is 81.5 Å². The molecule has 0 heterocycles. The minimum absolute atomic E-state index is 0.0399. The van der Waals surface area contributed by atoms with Gasteiger partial charge in [-0.1, -0.05) is 31.4 Å². The molecule has 0 unspecified atom stereocenters. The standard InChI is InChI=1S/C16H22N2O4/c19-16(17-13-7-2-1-3-8-13)11-6-12-22-15-10-5-4-9-14(15)18(20)21/h4-5,9-10,13H,1-3,6-8,11-12H2,(H,17,19). The van der Waals surface area contributed by atoms with Crippen molar-refractivity contribution >= 4 is 11.6 Å². The Hall–Kier alpha value is -2.11. The first-order chi connectivity index (χ1) is 10.7. The summed E-state index contributed by atoms with van der Waals surface area (Å²) in [6.45, 7) is 0.295. The van der Waals surface area contributed by atoms with E-state index < -0.39 is 4.92 Å². The molecule has 0 spiro atoms.